The smallest absolute Gasteiger partial charge is 0.290 e. The zero-order valence-electron chi connectivity index (χ0n) is 21.3. The van der Waals surface area contributed by atoms with Crippen molar-refractivity contribution in [3.63, 3.8) is 0 Å². The standard InChI is InChI=1S/C28H26F3N5O3/c1-3-23(17-10-19(29)12-20(30)11-17)36-25(18-13-32-34(2)14-18)33-26(37)24(28(36)39)27(38)35-9-8-16(15-35)21-6-4-5-7-22(21)31/h4-7,10-14,16,23,39H,3,8-9,15H2,1-2H3/t16?,23-/m0/s1. The topological polar surface area (TPSA) is 93.2 Å². The van der Waals surface area contributed by atoms with Crippen molar-refractivity contribution < 1.29 is 23.1 Å². The summed E-state index contributed by atoms with van der Waals surface area (Å²) in [6.07, 6.45) is 3.71. The molecule has 1 aliphatic heterocycles. The van der Waals surface area contributed by atoms with E-state index < -0.39 is 40.6 Å². The lowest BCUT2D eigenvalue weighted by molar-refractivity contribution is 0.0783. The number of nitrogens with zero attached hydrogens (tertiary/aromatic N) is 5. The molecule has 0 radical (unpaired) electrons. The van der Waals surface area contributed by atoms with Crippen LogP contribution in [-0.2, 0) is 7.05 Å². The predicted molar refractivity (Wildman–Crippen MR) is 137 cm³/mol. The van der Waals surface area contributed by atoms with Gasteiger partial charge in [-0.3, -0.25) is 18.8 Å². The summed E-state index contributed by atoms with van der Waals surface area (Å²) in [5, 5.41) is 15.6. The van der Waals surface area contributed by atoms with E-state index in [-0.39, 0.29) is 42.6 Å². The van der Waals surface area contributed by atoms with Crippen molar-refractivity contribution in [1.29, 1.82) is 0 Å². The molecule has 4 aromatic rings. The molecular weight excluding hydrogens is 511 g/mol. The van der Waals surface area contributed by atoms with Gasteiger partial charge in [-0.15, -0.1) is 0 Å². The summed E-state index contributed by atoms with van der Waals surface area (Å²) < 4.78 is 45.4. The first-order chi connectivity index (χ1) is 18.7. The fraction of sp³-hybridized carbons (Fsp3) is 0.286. The zero-order chi connectivity index (χ0) is 27.8. The van der Waals surface area contributed by atoms with Gasteiger partial charge in [-0.2, -0.15) is 10.1 Å². The third kappa shape index (κ3) is 4.91. The first kappa shape index (κ1) is 26.2. The van der Waals surface area contributed by atoms with Crippen LogP contribution < -0.4 is 5.56 Å². The lowest BCUT2D eigenvalue weighted by Crippen LogP contribution is -2.35. The second-order valence-electron chi connectivity index (χ2n) is 9.60. The normalized spacial score (nSPS) is 16.0. The molecule has 1 N–H and O–H groups in total. The molecule has 2 atom stereocenters. The molecule has 3 heterocycles. The third-order valence-corrected chi connectivity index (χ3v) is 7.07. The van der Waals surface area contributed by atoms with Crippen LogP contribution in [0.5, 0.6) is 5.88 Å². The van der Waals surface area contributed by atoms with Gasteiger partial charge in [-0.25, -0.2) is 13.2 Å². The Morgan fingerprint density at radius 1 is 1.15 bits per heavy atom. The van der Waals surface area contributed by atoms with E-state index in [2.05, 4.69) is 10.1 Å². The summed E-state index contributed by atoms with van der Waals surface area (Å²) in [5.41, 5.74) is -0.506. The summed E-state index contributed by atoms with van der Waals surface area (Å²) >= 11 is 0. The van der Waals surface area contributed by atoms with E-state index in [1.54, 1.807) is 38.4 Å². The van der Waals surface area contributed by atoms with Crippen LogP contribution >= 0.6 is 0 Å². The number of hydrogen-bond donors (Lipinski definition) is 1. The quantitative estimate of drug-likeness (QED) is 0.394. The number of carbonyl (C=O) groups excluding carboxylic acids is 1. The van der Waals surface area contributed by atoms with E-state index in [0.29, 0.717) is 17.5 Å². The van der Waals surface area contributed by atoms with E-state index in [4.69, 9.17) is 0 Å². The highest BCUT2D eigenvalue weighted by molar-refractivity contribution is 5.96. The predicted octanol–water partition coefficient (Wildman–Crippen LogP) is 4.40. The number of benzene rings is 2. The number of carbonyl (C=O) groups is 1. The maximum atomic E-state index is 14.4. The Hall–Kier alpha value is -4.41. The van der Waals surface area contributed by atoms with Crippen molar-refractivity contribution in [2.24, 2.45) is 7.05 Å². The van der Waals surface area contributed by atoms with E-state index in [1.807, 2.05) is 0 Å². The van der Waals surface area contributed by atoms with Crippen LogP contribution in [0, 0.1) is 17.5 Å². The third-order valence-electron chi connectivity index (χ3n) is 7.07. The van der Waals surface area contributed by atoms with Crippen LogP contribution in [0.1, 0.15) is 53.2 Å². The second kappa shape index (κ2) is 10.4. The summed E-state index contributed by atoms with van der Waals surface area (Å²) in [7, 11) is 1.66. The van der Waals surface area contributed by atoms with Gasteiger partial charge in [0.25, 0.3) is 11.5 Å². The molecule has 2 aromatic heterocycles. The molecule has 0 spiro atoms. The largest absolute Gasteiger partial charge is 0.494 e. The first-order valence-electron chi connectivity index (χ1n) is 12.5. The number of aryl methyl sites for hydroxylation is 1. The van der Waals surface area contributed by atoms with Crippen molar-refractivity contribution in [2.75, 3.05) is 13.1 Å². The Morgan fingerprint density at radius 2 is 1.87 bits per heavy atom. The van der Waals surface area contributed by atoms with Gasteiger partial charge in [0.1, 0.15) is 17.5 Å². The van der Waals surface area contributed by atoms with Gasteiger partial charge in [0, 0.05) is 38.3 Å². The van der Waals surface area contributed by atoms with Gasteiger partial charge >= 0.3 is 0 Å². The molecule has 1 fully saturated rings. The van der Waals surface area contributed by atoms with E-state index in [9.17, 15) is 27.9 Å². The molecular formula is C28H26F3N5O3. The van der Waals surface area contributed by atoms with Gasteiger partial charge in [-0.05, 0) is 42.2 Å². The molecule has 11 heteroatoms. The lowest BCUT2D eigenvalue weighted by atomic mass is 9.98. The summed E-state index contributed by atoms with van der Waals surface area (Å²) in [5.74, 6) is -3.72. The average molecular weight is 538 g/mol. The first-order valence-corrected chi connectivity index (χ1v) is 12.5. The monoisotopic (exact) mass is 537 g/mol. The van der Waals surface area contributed by atoms with E-state index in [1.165, 1.54) is 26.4 Å². The molecule has 0 bridgehead atoms. The Kier molecular flexibility index (Phi) is 6.98. The molecule has 5 rings (SSSR count). The number of halogens is 3. The molecule has 1 unspecified atom stereocenters. The number of rotatable bonds is 6. The average Bonchev–Trinajstić information content (AvgIpc) is 3.55. The van der Waals surface area contributed by atoms with Gasteiger partial charge in [-0.1, -0.05) is 25.1 Å². The summed E-state index contributed by atoms with van der Waals surface area (Å²) in [6.45, 7) is 2.13. The number of aromatic nitrogens is 4. The van der Waals surface area contributed by atoms with Crippen LogP contribution in [0.2, 0.25) is 0 Å². The molecule has 8 nitrogen and oxygen atoms in total. The minimum atomic E-state index is -0.956. The Bertz CT molecular complexity index is 1600. The minimum absolute atomic E-state index is 0.00988. The van der Waals surface area contributed by atoms with Crippen LogP contribution in [-0.4, -0.2) is 48.3 Å². The highest BCUT2D eigenvalue weighted by atomic mass is 19.1. The number of amides is 1. The van der Waals surface area contributed by atoms with Gasteiger partial charge in [0.15, 0.2) is 11.4 Å². The van der Waals surface area contributed by atoms with Crippen LogP contribution in [0.15, 0.2) is 59.7 Å². The minimum Gasteiger partial charge on any atom is -0.494 e. The number of aromatic hydroxyl groups is 1. The molecule has 0 aliphatic carbocycles. The zero-order valence-corrected chi connectivity index (χ0v) is 21.3. The maximum Gasteiger partial charge on any atom is 0.290 e. The summed E-state index contributed by atoms with van der Waals surface area (Å²) in [6, 6.07) is 8.42. The molecule has 202 valence electrons. The van der Waals surface area contributed by atoms with Crippen LogP contribution in [0.4, 0.5) is 13.2 Å². The second-order valence-corrected chi connectivity index (χ2v) is 9.60. The molecule has 1 saturated heterocycles. The fourth-order valence-corrected chi connectivity index (χ4v) is 5.24. The van der Waals surface area contributed by atoms with Crippen LogP contribution in [0.3, 0.4) is 0 Å². The Labute approximate surface area is 222 Å². The fourth-order valence-electron chi connectivity index (χ4n) is 5.24. The van der Waals surface area contributed by atoms with Crippen molar-refractivity contribution in [1.82, 2.24) is 24.2 Å². The molecule has 0 saturated carbocycles. The molecule has 39 heavy (non-hydrogen) atoms. The maximum absolute atomic E-state index is 14.4. The van der Waals surface area contributed by atoms with Crippen LogP contribution in [0.25, 0.3) is 11.4 Å². The highest BCUT2D eigenvalue weighted by Gasteiger charge is 2.35. The van der Waals surface area contributed by atoms with Crippen molar-refractivity contribution >= 4 is 5.91 Å². The molecule has 1 amide bonds. The SMILES string of the molecule is CC[C@@H](c1cc(F)cc(F)c1)n1c(-c2cnn(C)c2)nc(=O)c(C(=O)N2CCC(c3ccccc3F)C2)c1O. The lowest BCUT2D eigenvalue weighted by Gasteiger charge is -2.26. The molecule has 2 aromatic carbocycles. The van der Waals surface area contributed by atoms with Crippen molar-refractivity contribution in [2.45, 2.75) is 31.7 Å². The van der Waals surface area contributed by atoms with Gasteiger partial charge in [0.2, 0.25) is 5.88 Å². The Morgan fingerprint density at radius 3 is 2.51 bits per heavy atom. The van der Waals surface area contributed by atoms with Crippen molar-refractivity contribution in [3.8, 4) is 17.3 Å². The number of hydrogen-bond acceptors (Lipinski definition) is 5. The van der Waals surface area contributed by atoms with E-state index >= 15 is 0 Å². The number of likely N-dealkylation sites (tertiary alicyclic amines) is 1. The van der Waals surface area contributed by atoms with Gasteiger partial charge in [0.05, 0.1) is 17.8 Å². The van der Waals surface area contributed by atoms with Gasteiger partial charge < -0.3 is 10.0 Å². The van der Waals surface area contributed by atoms with E-state index in [0.717, 1.165) is 18.2 Å². The Balaban J connectivity index is 1.61. The summed E-state index contributed by atoms with van der Waals surface area (Å²) in [4.78, 5) is 32.3. The molecule has 1 aliphatic rings. The van der Waals surface area contributed by atoms with Crippen molar-refractivity contribution in [3.05, 3.63) is 99.4 Å². The highest BCUT2D eigenvalue weighted by Crippen LogP contribution is 2.35.